The lowest BCUT2D eigenvalue weighted by Gasteiger charge is -2.17. The first-order valence-electron chi connectivity index (χ1n) is 5.73. The number of rotatable bonds is 4. The first-order chi connectivity index (χ1) is 8.81. The summed E-state index contributed by atoms with van der Waals surface area (Å²) in [6, 6.07) is 1.34. The highest BCUT2D eigenvalue weighted by molar-refractivity contribution is 7.87. The minimum Gasteiger partial charge on any atom is -0.268 e. The molecule has 19 heavy (non-hydrogen) atoms. The summed E-state index contributed by atoms with van der Waals surface area (Å²) in [5.74, 6) is -0.700. The first kappa shape index (κ1) is 14.2. The summed E-state index contributed by atoms with van der Waals surface area (Å²) in [6.07, 6.45) is 3.08. The van der Waals surface area contributed by atoms with Gasteiger partial charge >= 0.3 is 10.2 Å². The zero-order valence-electron chi connectivity index (χ0n) is 10.6. The third kappa shape index (κ3) is 3.23. The van der Waals surface area contributed by atoms with E-state index in [0.29, 0.717) is 5.56 Å². The molecule has 1 aromatic heterocycles. The molecular formula is C11H14ClN3O3S. The number of pyridine rings is 1. The maximum atomic E-state index is 12.0. The van der Waals surface area contributed by atoms with Crippen molar-refractivity contribution in [1.82, 2.24) is 14.0 Å². The SMILES string of the molecule is Cc1cnc(Cl)cc1C(=O)NS(=O)(=O)N(C)C1CC1. The topological polar surface area (TPSA) is 79.4 Å². The van der Waals surface area contributed by atoms with E-state index in [1.807, 2.05) is 4.72 Å². The summed E-state index contributed by atoms with van der Waals surface area (Å²) >= 11 is 5.70. The van der Waals surface area contributed by atoms with Gasteiger partial charge in [-0.25, -0.2) is 9.71 Å². The highest BCUT2D eigenvalue weighted by atomic mass is 35.5. The monoisotopic (exact) mass is 303 g/mol. The Kier molecular flexibility index (Phi) is 3.80. The van der Waals surface area contributed by atoms with Crippen LogP contribution in [-0.2, 0) is 10.2 Å². The third-order valence-electron chi connectivity index (χ3n) is 2.98. The van der Waals surface area contributed by atoms with Gasteiger partial charge in [-0.3, -0.25) is 4.79 Å². The van der Waals surface area contributed by atoms with Crippen LogP contribution in [0.3, 0.4) is 0 Å². The zero-order chi connectivity index (χ0) is 14.2. The van der Waals surface area contributed by atoms with E-state index in [4.69, 9.17) is 11.6 Å². The van der Waals surface area contributed by atoms with Crippen molar-refractivity contribution < 1.29 is 13.2 Å². The predicted molar refractivity (Wildman–Crippen MR) is 71.2 cm³/mol. The molecule has 1 fully saturated rings. The van der Waals surface area contributed by atoms with E-state index in [0.717, 1.165) is 12.8 Å². The molecule has 1 amide bonds. The number of hydrogen-bond donors (Lipinski definition) is 1. The molecular weight excluding hydrogens is 290 g/mol. The Morgan fingerprint density at radius 2 is 2.16 bits per heavy atom. The van der Waals surface area contributed by atoms with Crippen LogP contribution in [0.1, 0.15) is 28.8 Å². The number of hydrogen-bond acceptors (Lipinski definition) is 4. The van der Waals surface area contributed by atoms with Gasteiger partial charge in [0.05, 0.1) is 0 Å². The van der Waals surface area contributed by atoms with Gasteiger partial charge in [-0.1, -0.05) is 11.6 Å². The van der Waals surface area contributed by atoms with Gasteiger partial charge in [0.15, 0.2) is 0 Å². The molecule has 0 radical (unpaired) electrons. The summed E-state index contributed by atoms with van der Waals surface area (Å²) in [7, 11) is -2.35. The summed E-state index contributed by atoms with van der Waals surface area (Å²) in [5.41, 5.74) is 0.763. The molecule has 0 spiro atoms. The quantitative estimate of drug-likeness (QED) is 0.845. The maximum absolute atomic E-state index is 12.0. The van der Waals surface area contributed by atoms with Crippen LogP contribution in [0.4, 0.5) is 0 Å². The van der Waals surface area contributed by atoms with E-state index >= 15 is 0 Å². The Labute approximate surface area is 117 Å². The second-order valence-electron chi connectivity index (χ2n) is 4.51. The summed E-state index contributed by atoms with van der Waals surface area (Å²) in [6.45, 7) is 1.66. The minimum absolute atomic E-state index is 0.00701. The van der Waals surface area contributed by atoms with Crippen molar-refractivity contribution >= 4 is 27.7 Å². The number of aromatic nitrogens is 1. The predicted octanol–water partition coefficient (Wildman–Crippen LogP) is 1.11. The number of halogens is 1. The van der Waals surface area contributed by atoms with Crippen molar-refractivity contribution in [3.8, 4) is 0 Å². The van der Waals surface area contributed by atoms with Gasteiger partial charge in [-0.2, -0.15) is 12.7 Å². The van der Waals surface area contributed by atoms with Gasteiger partial charge in [0.2, 0.25) is 0 Å². The Balaban J connectivity index is 2.18. The van der Waals surface area contributed by atoms with E-state index in [1.54, 1.807) is 6.92 Å². The first-order valence-corrected chi connectivity index (χ1v) is 7.55. The molecule has 1 aromatic rings. The smallest absolute Gasteiger partial charge is 0.268 e. The Morgan fingerprint density at radius 3 is 2.74 bits per heavy atom. The fraction of sp³-hybridized carbons (Fsp3) is 0.455. The van der Waals surface area contributed by atoms with Crippen LogP contribution in [0.5, 0.6) is 0 Å². The average Bonchev–Trinajstić information content (AvgIpc) is 3.14. The van der Waals surface area contributed by atoms with Gasteiger partial charge in [0, 0.05) is 24.8 Å². The van der Waals surface area contributed by atoms with Crippen molar-refractivity contribution in [2.45, 2.75) is 25.8 Å². The van der Waals surface area contributed by atoms with Crippen molar-refractivity contribution in [1.29, 1.82) is 0 Å². The van der Waals surface area contributed by atoms with Gasteiger partial charge < -0.3 is 0 Å². The highest BCUT2D eigenvalue weighted by Gasteiger charge is 2.35. The molecule has 2 rings (SSSR count). The highest BCUT2D eigenvalue weighted by Crippen LogP contribution is 2.27. The number of carbonyl (C=O) groups is 1. The van der Waals surface area contributed by atoms with Crippen LogP contribution in [0.15, 0.2) is 12.3 Å². The normalized spacial score (nSPS) is 15.6. The molecule has 0 saturated heterocycles. The lowest BCUT2D eigenvalue weighted by atomic mass is 10.1. The van der Waals surface area contributed by atoms with E-state index in [2.05, 4.69) is 4.98 Å². The van der Waals surface area contributed by atoms with Crippen molar-refractivity contribution in [3.05, 3.63) is 28.5 Å². The Bertz CT molecular complexity index is 614. The number of nitrogens with one attached hydrogen (secondary N) is 1. The molecule has 0 bridgehead atoms. The van der Waals surface area contributed by atoms with Crippen molar-refractivity contribution in [2.75, 3.05) is 7.05 Å². The molecule has 1 aliphatic carbocycles. The second-order valence-corrected chi connectivity index (χ2v) is 6.62. The van der Waals surface area contributed by atoms with Crippen LogP contribution >= 0.6 is 11.6 Å². The summed E-state index contributed by atoms with van der Waals surface area (Å²) in [5, 5.41) is 0.142. The van der Waals surface area contributed by atoms with Gasteiger partial charge in [0.1, 0.15) is 5.15 Å². The van der Waals surface area contributed by atoms with Crippen LogP contribution < -0.4 is 4.72 Å². The molecule has 1 N–H and O–H groups in total. The van der Waals surface area contributed by atoms with Crippen LogP contribution in [-0.4, -0.2) is 36.7 Å². The Morgan fingerprint density at radius 1 is 1.53 bits per heavy atom. The van der Waals surface area contributed by atoms with E-state index < -0.39 is 16.1 Å². The molecule has 8 heteroatoms. The van der Waals surface area contributed by atoms with E-state index in [-0.39, 0.29) is 16.8 Å². The minimum atomic E-state index is -3.80. The lowest BCUT2D eigenvalue weighted by Crippen LogP contribution is -2.42. The number of aryl methyl sites for hydroxylation is 1. The van der Waals surface area contributed by atoms with Crippen LogP contribution in [0.25, 0.3) is 0 Å². The van der Waals surface area contributed by atoms with Gasteiger partial charge in [-0.05, 0) is 31.4 Å². The largest absolute Gasteiger partial charge is 0.304 e. The van der Waals surface area contributed by atoms with E-state index in [9.17, 15) is 13.2 Å². The molecule has 0 aromatic carbocycles. The lowest BCUT2D eigenvalue weighted by molar-refractivity contribution is 0.0978. The summed E-state index contributed by atoms with van der Waals surface area (Å²) < 4.78 is 27.1. The number of amides is 1. The molecule has 1 aliphatic rings. The zero-order valence-corrected chi connectivity index (χ0v) is 12.1. The molecule has 0 atom stereocenters. The molecule has 6 nitrogen and oxygen atoms in total. The average molecular weight is 304 g/mol. The van der Waals surface area contributed by atoms with Crippen LogP contribution in [0.2, 0.25) is 5.15 Å². The Hall–Kier alpha value is -1.18. The maximum Gasteiger partial charge on any atom is 0.304 e. The standard InChI is InChI=1S/C11H14ClN3O3S/c1-7-6-13-10(12)5-9(7)11(16)14-19(17,18)15(2)8-3-4-8/h5-6,8H,3-4H2,1-2H3,(H,14,16). The number of carbonyl (C=O) groups excluding carboxylic acids is 1. The molecule has 1 saturated carbocycles. The third-order valence-corrected chi connectivity index (χ3v) is 4.68. The second kappa shape index (κ2) is 5.07. The molecule has 1 heterocycles. The number of nitrogens with zero attached hydrogens (tertiary/aromatic N) is 2. The van der Waals surface area contributed by atoms with Crippen molar-refractivity contribution in [3.63, 3.8) is 0 Å². The van der Waals surface area contributed by atoms with Gasteiger partial charge in [0.25, 0.3) is 5.91 Å². The van der Waals surface area contributed by atoms with Gasteiger partial charge in [-0.15, -0.1) is 0 Å². The van der Waals surface area contributed by atoms with E-state index in [1.165, 1.54) is 23.6 Å². The molecule has 0 aliphatic heterocycles. The molecule has 0 unspecified atom stereocenters. The van der Waals surface area contributed by atoms with Crippen LogP contribution in [0, 0.1) is 6.92 Å². The molecule has 104 valence electrons. The van der Waals surface area contributed by atoms with Crippen molar-refractivity contribution in [2.24, 2.45) is 0 Å². The fourth-order valence-electron chi connectivity index (χ4n) is 1.62. The fourth-order valence-corrected chi connectivity index (χ4v) is 2.87. The summed E-state index contributed by atoms with van der Waals surface area (Å²) in [4.78, 5) is 15.8.